The summed E-state index contributed by atoms with van der Waals surface area (Å²) in [5, 5.41) is 11.0. The Kier molecular flexibility index (Phi) is 5.57. The number of benzene rings is 1. The third kappa shape index (κ3) is 4.66. The van der Waals surface area contributed by atoms with Crippen molar-refractivity contribution in [1.82, 2.24) is 25.3 Å². The first-order valence-corrected chi connectivity index (χ1v) is 8.56. The molecular formula is C17H17N5OS. The monoisotopic (exact) mass is 339 g/mol. The third-order valence-electron chi connectivity index (χ3n) is 3.28. The van der Waals surface area contributed by atoms with Crippen LogP contribution in [0.25, 0.3) is 5.69 Å². The standard InChI is InChI=1S/C17H17N5OS/c23-17(8-11-24-16-4-2-1-3-5-16)19-12-14-13-22(21-20-14)15-6-9-18-10-7-15/h1-7,9-10,13H,8,11-12H2,(H,19,23). The highest BCUT2D eigenvalue weighted by atomic mass is 32.2. The van der Waals surface area contributed by atoms with Crippen LogP contribution in [0.3, 0.4) is 0 Å². The Hall–Kier alpha value is -2.67. The molecule has 2 heterocycles. The van der Waals surface area contributed by atoms with Crippen molar-refractivity contribution >= 4 is 17.7 Å². The average Bonchev–Trinajstić information content (AvgIpc) is 3.11. The molecule has 0 aliphatic heterocycles. The van der Waals surface area contributed by atoms with Gasteiger partial charge >= 0.3 is 0 Å². The first-order chi connectivity index (χ1) is 11.8. The van der Waals surface area contributed by atoms with Crippen LogP contribution in [0.1, 0.15) is 12.1 Å². The summed E-state index contributed by atoms with van der Waals surface area (Å²) < 4.78 is 1.66. The summed E-state index contributed by atoms with van der Waals surface area (Å²) >= 11 is 1.67. The highest BCUT2D eigenvalue weighted by Gasteiger charge is 2.06. The largest absolute Gasteiger partial charge is 0.350 e. The molecule has 1 amide bonds. The molecule has 6 nitrogen and oxygen atoms in total. The van der Waals surface area contributed by atoms with E-state index in [9.17, 15) is 4.79 Å². The predicted octanol–water partition coefficient (Wildman–Crippen LogP) is 2.46. The Morgan fingerprint density at radius 2 is 1.92 bits per heavy atom. The zero-order valence-corrected chi connectivity index (χ0v) is 13.8. The fourth-order valence-electron chi connectivity index (χ4n) is 2.06. The molecule has 1 aromatic carbocycles. The van der Waals surface area contributed by atoms with Crippen LogP contribution in [-0.4, -0.2) is 31.6 Å². The summed E-state index contributed by atoms with van der Waals surface area (Å²) in [6, 6.07) is 13.7. The van der Waals surface area contributed by atoms with Crippen molar-refractivity contribution in [2.75, 3.05) is 5.75 Å². The minimum atomic E-state index is 0.0110. The molecule has 0 saturated carbocycles. The molecule has 0 radical (unpaired) electrons. The molecule has 0 fully saturated rings. The van der Waals surface area contributed by atoms with Gasteiger partial charge in [0.25, 0.3) is 0 Å². The molecule has 3 rings (SSSR count). The maximum atomic E-state index is 11.9. The number of carbonyl (C=O) groups excluding carboxylic acids is 1. The summed E-state index contributed by atoms with van der Waals surface area (Å²) in [6.45, 7) is 0.375. The van der Waals surface area contributed by atoms with Gasteiger partial charge in [0, 0.05) is 29.5 Å². The van der Waals surface area contributed by atoms with Gasteiger partial charge in [0.15, 0.2) is 0 Å². The summed E-state index contributed by atoms with van der Waals surface area (Å²) in [7, 11) is 0. The van der Waals surface area contributed by atoms with Crippen LogP contribution in [0, 0.1) is 0 Å². The molecule has 24 heavy (non-hydrogen) atoms. The van der Waals surface area contributed by atoms with Gasteiger partial charge in [-0.1, -0.05) is 23.4 Å². The predicted molar refractivity (Wildman–Crippen MR) is 92.8 cm³/mol. The maximum absolute atomic E-state index is 11.9. The lowest BCUT2D eigenvalue weighted by Crippen LogP contribution is -2.23. The Balaban J connectivity index is 1.42. The number of aromatic nitrogens is 4. The second-order valence-electron chi connectivity index (χ2n) is 5.05. The number of nitrogens with zero attached hydrogens (tertiary/aromatic N) is 4. The van der Waals surface area contributed by atoms with E-state index in [-0.39, 0.29) is 5.91 Å². The summed E-state index contributed by atoms with van der Waals surface area (Å²) in [6.07, 6.45) is 5.66. The van der Waals surface area contributed by atoms with Crippen molar-refractivity contribution in [2.24, 2.45) is 0 Å². The number of amides is 1. The van der Waals surface area contributed by atoms with E-state index in [4.69, 9.17) is 0 Å². The van der Waals surface area contributed by atoms with Crippen LogP contribution in [0.5, 0.6) is 0 Å². The van der Waals surface area contributed by atoms with E-state index in [0.717, 1.165) is 17.1 Å². The fourth-order valence-corrected chi connectivity index (χ4v) is 2.93. The lowest BCUT2D eigenvalue weighted by atomic mass is 10.4. The van der Waals surface area contributed by atoms with Crippen LogP contribution in [0.4, 0.5) is 0 Å². The quantitative estimate of drug-likeness (QED) is 0.670. The van der Waals surface area contributed by atoms with Crippen molar-refractivity contribution in [3.63, 3.8) is 0 Å². The molecule has 0 unspecified atom stereocenters. The summed E-state index contributed by atoms with van der Waals surface area (Å²) in [4.78, 5) is 17.0. The van der Waals surface area contributed by atoms with Gasteiger partial charge in [-0.15, -0.1) is 16.9 Å². The van der Waals surface area contributed by atoms with Crippen LogP contribution < -0.4 is 5.32 Å². The van der Waals surface area contributed by atoms with Gasteiger partial charge in [0.1, 0.15) is 5.69 Å². The second kappa shape index (κ2) is 8.26. The fraction of sp³-hybridized carbons (Fsp3) is 0.176. The van der Waals surface area contributed by atoms with Gasteiger partial charge in [-0.05, 0) is 24.3 Å². The van der Waals surface area contributed by atoms with Crippen molar-refractivity contribution < 1.29 is 4.79 Å². The highest BCUT2D eigenvalue weighted by Crippen LogP contribution is 2.17. The number of nitrogens with one attached hydrogen (secondary N) is 1. The van der Waals surface area contributed by atoms with Crippen molar-refractivity contribution in [3.8, 4) is 5.69 Å². The maximum Gasteiger partial charge on any atom is 0.221 e. The number of hydrogen-bond donors (Lipinski definition) is 1. The highest BCUT2D eigenvalue weighted by molar-refractivity contribution is 7.99. The Morgan fingerprint density at radius 3 is 2.71 bits per heavy atom. The van der Waals surface area contributed by atoms with Gasteiger partial charge in [-0.25, -0.2) is 4.68 Å². The van der Waals surface area contributed by atoms with Crippen molar-refractivity contribution in [1.29, 1.82) is 0 Å². The molecule has 3 aromatic rings. The first-order valence-electron chi connectivity index (χ1n) is 7.57. The lowest BCUT2D eigenvalue weighted by Gasteiger charge is -2.03. The molecular weight excluding hydrogens is 322 g/mol. The smallest absolute Gasteiger partial charge is 0.221 e. The molecule has 1 N–H and O–H groups in total. The Morgan fingerprint density at radius 1 is 1.12 bits per heavy atom. The van der Waals surface area contributed by atoms with Gasteiger partial charge in [0.05, 0.1) is 18.4 Å². The lowest BCUT2D eigenvalue weighted by molar-refractivity contribution is -0.120. The van der Waals surface area contributed by atoms with Gasteiger partial charge in [-0.3, -0.25) is 9.78 Å². The number of carbonyl (C=O) groups is 1. The normalized spacial score (nSPS) is 10.5. The van der Waals surface area contributed by atoms with Crippen LogP contribution in [0.2, 0.25) is 0 Å². The number of rotatable bonds is 7. The summed E-state index contributed by atoms with van der Waals surface area (Å²) in [5.74, 6) is 0.761. The first kappa shape index (κ1) is 16.2. The molecule has 122 valence electrons. The molecule has 0 bridgehead atoms. The minimum absolute atomic E-state index is 0.0110. The van der Waals surface area contributed by atoms with E-state index >= 15 is 0 Å². The minimum Gasteiger partial charge on any atom is -0.350 e. The molecule has 2 aromatic heterocycles. The number of pyridine rings is 1. The molecule has 0 aliphatic carbocycles. The molecule has 0 aliphatic rings. The average molecular weight is 339 g/mol. The van der Waals surface area contributed by atoms with Gasteiger partial charge in [-0.2, -0.15) is 0 Å². The number of hydrogen-bond acceptors (Lipinski definition) is 5. The van der Waals surface area contributed by atoms with Crippen LogP contribution >= 0.6 is 11.8 Å². The van der Waals surface area contributed by atoms with Crippen molar-refractivity contribution in [3.05, 3.63) is 66.7 Å². The SMILES string of the molecule is O=C(CCSc1ccccc1)NCc1cn(-c2ccncc2)nn1. The topological polar surface area (TPSA) is 72.7 Å². The van der Waals surface area contributed by atoms with Gasteiger partial charge in [0.2, 0.25) is 5.91 Å². The van der Waals surface area contributed by atoms with Crippen LogP contribution in [-0.2, 0) is 11.3 Å². The van der Waals surface area contributed by atoms with Gasteiger partial charge < -0.3 is 5.32 Å². The zero-order valence-electron chi connectivity index (χ0n) is 13.0. The van der Waals surface area contributed by atoms with E-state index in [1.807, 2.05) is 42.5 Å². The zero-order chi connectivity index (χ0) is 16.6. The van der Waals surface area contributed by atoms with E-state index in [0.29, 0.717) is 13.0 Å². The van der Waals surface area contributed by atoms with Crippen molar-refractivity contribution in [2.45, 2.75) is 17.9 Å². The molecule has 7 heteroatoms. The Bertz CT molecular complexity index is 776. The van der Waals surface area contributed by atoms with E-state index in [1.54, 1.807) is 35.0 Å². The molecule has 0 saturated heterocycles. The Labute approximate surface area is 144 Å². The molecule has 0 spiro atoms. The summed E-state index contributed by atoms with van der Waals surface area (Å²) in [5.41, 5.74) is 1.60. The van der Waals surface area contributed by atoms with E-state index in [2.05, 4.69) is 20.6 Å². The second-order valence-corrected chi connectivity index (χ2v) is 6.22. The van der Waals surface area contributed by atoms with E-state index < -0.39 is 0 Å². The third-order valence-corrected chi connectivity index (χ3v) is 4.29. The van der Waals surface area contributed by atoms with Crippen LogP contribution in [0.15, 0.2) is 66.0 Å². The van der Waals surface area contributed by atoms with E-state index in [1.165, 1.54) is 4.90 Å². The molecule has 0 atom stereocenters. The number of thioether (sulfide) groups is 1.